The second-order valence-electron chi connectivity index (χ2n) is 5.93. The zero-order valence-corrected chi connectivity index (χ0v) is 16.8. The average Bonchev–Trinajstić information content (AvgIpc) is 2.53. The number of halogens is 2. The summed E-state index contributed by atoms with van der Waals surface area (Å²) in [7, 11) is 0. The Kier molecular flexibility index (Phi) is 8.52. The van der Waals surface area contributed by atoms with Crippen molar-refractivity contribution >= 4 is 45.7 Å². The van der Waals surface area contributed by atoms with Crippen LogP contribution in [0.3, 0.4) is 0 Å². The number of ether oxygens (including phenoxy) is 1. The SMILES string of the molecule is OCC(CO)CN1CCN(I)CC1C(O)[C@H]1CN(I)CCO1. The molecule has 0 aromatic heterocycles. The van der Waals surface area contributed by atoms with E-state index < -0.39 is 6.10 Å². The summed E-state index contributed by atoms with van der Waals surface area (Å²) >= 11 is 4.55. The first-order chi connectivity index (χ1) is 10.5. The highest BCUT2D eigenvalue weighted by molar-refractivity contribution is 14.1. The number of hydrogen-bond donors (Lipinski definition) is 3. The van der Waals surface area contributed by atoms with Crippen LogP contribution in [0.5, 0.6) is 0 Å². The van der Waals surface area contributed by atoms with E-state index in [4.69, 9.17) is 4.74 Å². The highest BCUT2D eigenvalue weighted by Crippen LogP contribution is 2.22. The van der Waals surface area contributed by atoms with Crippen LogP contribution in [0.2, 0.25) is 0 Å². The molecule has 2 aliphatic heterocycles. The van der Waals surface area contributed by atoms with Crippen molar-refractivity contribution in [1.29, 1.82) is 0 Å². The Morgan fingerprint density at radius 3 is 2.36 bits per heavy atom. The largest absolute Gasteiger partial charge is 0.396 e. The van der Waals surface area contributed by atoms with Gasteiger partial charge in [0.15, 0.2) is 0 Å². The maximum atomic E-state index is 10.8. The number of hydrogen-bond acceptors (Lipinski definition) is 7. The molecular weight excluding hydrogens is 516 g/mol. The molecule has 2 saturated heterocycles. The second kappa shape index (κ2) is 9.61. The fraction of sp³-hybridized carbons (Fsp3) is 1.00. The molecule has 2 fully saturated rings. The summed E-state index contributed by atoms with van der Waals surface area (Å²) in [6.07, 6.45) is -0.768. The Hall–Kier alpha value is 1.18. The van der Waals surface area contributed by atoms with Crippen LogP contribution in [0.25, 0.3) is 0 Å². The Bertz CT molecular complexity index is 336. The molecule has 0 spiro atoms. The van der Waals surface area contributed by atoms with Gasteiger partial charge in [0.2, 0.25) is 0 Å². The Morgan fingerprint density at radius 1 is 1.05 bits per heavy atom. The third-order valence-electron chi connectivity index (χ3n) is 4.31. The molecule has 2 aliphatic rings. The minimum atomic E-state index is -0.576. The van der Waals surface area contributed by atoms with E-state index in [1.54, 1.807) is 0 Å². The Morgan fingerprint density at radius 2 is 1.73 bits per heavy atom. The molecular formula is C13H25I2N3O4. The minimum Gasteiger partial charge on any atom is -0.396 e. The molecule has 0 aliphatic carbocycles. The summed E-state index contributed by atoms with van der Waals surface area (Å²) in [5.41, 5.74) is 0. The molecule has 0 aromatic rings. The highest BCUT2D eigenvalue weighted by atomic mass is 127. The van der Waals surface area contributed by atoms with Crippen LogP contribution >= 0.6 is 45.7 Å². The smallest absolute Gasteiger partial charge is 0.0985 e. The molecule has 7 nitrogen and oxygen atoms in total. The molecule has 0 bridgehead atoms. The van der Waals surface area contributed by atoms with Gasteiger partial charge in [0.05, 0.1) is 24.9 Å². The first kappa shape index (κ1) is 19.5. The van der Waals surface area contributed by atoms with E-state index >= 15 is 0 Å². The number of rotatable bonds is 6. The third kappa shape index (κ3) is 5.34. The number of nitrogens with zero attached hydrogens (tertiary/aromatic N) is 3. The topological polar surface area (TPSA) is 79.6 Å². The molecule has 3 atom stereocenters. The zero-order chi connectivity index (χ0) is 16.1. The maximum absolute atomic E-state index is 10.8. The van der Waals surface area contributed by atoms with Crippen LogP contribution < -0.4 is 0 Å². The quantitative estimate of drug-likeness (QED) is 0.305. The van der Waals surface area contributed by atoms with E-state index in [1.165, 1.54) is 0 Å². The van der Waals surface area contributed by atoms with Crippen molar-refractivity contribution in [3.63, 3.8) is 0 Å². The van der Waals surface area contributed by atoms with Crippen molar-refractivity contribution in [1.82, 2.24) is 11.1 Å². The predicted octanol–water partition coefficient (Wildman–Crippen LogP) is -0.665. The fourth-order valence-electron chi connectivity index (χ4n) is 2.96. The lowest BCUT2D eigenvalue weighted by Gasteiger charge is -2.45. The van der Waals surface area contributed by atoms with Crippen molar-refractivity contribution in [2.75, 3.05) is 59.1 Å². The summed E-state index contributed by atoms with van der Waals surface area (Å²) in [5.74, 6) is -0.163. The van der Waals surface area contributed by atoms with Gasteiger partial charge in [0.1, 0.15) is 0 Å². The normalized spacial score (nSPS) is 30.8. The van der Waals surface area contributed by atoms with Crippen LogP contribution in [-0.4, -0.2) is 104 Å². The van der Waals surface area contributed by atoms with Gasteiger partial charge in [-0.1, -0.05) is 0 Å². The lowest BCUT2D eigenvalue weighted by molar-refractivity contribution is -0.105. The van der Waals surface area contributed by atoms with Gasteiger partial charge < -0.3 is 20.1 Å². The van der Waals surface area contributed by atoms with Crippen molar-refractivity contribution in [2.45, 2.75) is 18.2 Å². The fourth-order valence-corrected chi connectivity index (χ4v) is 4.17. The van der Waals surface area contributed by atoms with Crippen molar-refractivity contribution in [3.8, 4) is 0 Å². The van der Waals surface area contributed by atoms with Gasteiger partial charge in [-0.2, -0.15) is 0 Å². The molecule has 0 radical (unpaired) electrons. The van der Waals surface area contributed by atoms with Crippen molar-refractivity contribution in [2.24, 2.45) is 5.92 Å². The van der Waals surface area contributed by atoms with Crippen molar-refractivity contribution in [3.05, 3.63) is 0 Å². The first-order valence-electron chi connectivity index (χ1n) is 7.62. The van der Waals surface area contributed by atoms with Crippen LogP contribution in [0.15, 0.2) is 0 Å². The van der Waals surface area contributed by atoms with Gasteiger partial charge in [-0.25, -0.2) is 6.23 Å². The van der Waals surface area contributed by atoms with E-state index in [0.717, 1.165) is 32.7 Å². The van der Waals surface area contributed by atoms with E-state index in [-0.39, 0.29) is 31.3 Å². The van der Waals surface area contributed by atoms with E-state index in [2.05, 4.69) is 56.9 Å². The third-order valence-corrected chi connectivity index (χ3v) is 6.06. The zero-order valence-electron chi connectivity index (χ0n) is 12.5. The number of aliphatic hydroxyl groups excluding tert-OH is 3. The average molecular weight is 541 g/mol. The number of morpholine rings is 1. The van der Waals surface area contributed by atoms with E-state index in [0.29, 0.717) is 13.2 Å². The Labute approximate surface area is 159 Å². The molecule has 2 unspecified atom stereocenters. The van der Waals surface area contributed by atoms with Crippen LogP contribution in [0.4, 0.5) is 0 Å². The van der Waals surface area contributed by atoms with Gasteiger partial charge in [-0.3, -0.25) is 4.90 Å². The monoisotopic (exact) mass is 541 g/mol. The molecule has 0 aromatic carbocycles. The summed E-state index contributed by atoms with van der Waals surface area (Å²) in [4.78, 5) is 2.19. The second-order valence-corrected chi connectivity index (χ2v) is 8.66. The van der Waals surface area contributed by atoms with Gasteiger partial charge >= 0.3 is 0 Å². The number of aliphatic hydroxyl groups is 3. The van der Waals surface area contributed by atoms with Gasteiger partial charge in [-0.15, -0.1) is 0 Å². The summed E-state index contributed by atoms with van der Waals surface area (Å²) in [5, 5.41) is 29.5. The minimum absolute atomic E-state index is 0.0365. The van der Waals surface area contributed by atoms with Crippen molar-refractivity contribution < 1.29 is 20.1 Å². The maximum Gasteiger partial charge on any atom is 0.0985 e. The Balaban J connectivity index is 2.01. The molecule has 0 amide bonds. The predicted molar refractivity (Wildman–Crippen MR) is 100.0 cm³/mol. The molecule has 22 heavy (non-hydrogen) atoms. The lowest BCUT2D eigenvalue weighted by Crippen LogP contribution is -2.61. The molecule has 9 heteroatoms. The van der Waals surface area contributed by atoms with Gasteiger partial charge in [0, 0.05) is 104 Å². The molecule has 130 valence electrons. The van der Waals surface area contributed by atoms with Gasteiger partial charge in [-0.05, 0) is 0 Å². The highest BCUT2D eigenvalue weighted by Gasteiger charge is 2.38. The van der Waals surface area contributed by atoms with Crippen LogP contribution in [-0.2, 0) is 4.74 Å². The summed E-state index contributed by atoms with van der Waals surface area (Å²) < 4.78 is 10.1. The lowest BCUT2D eigenvalue weighted by atomic mass is 9.99. The molecule has 3 N–H and O–H groups in total. The van der Waals surface area contributed by atoms with Gasteiger partial charge in [0.25, 0.3) is 0 Å². The summed E-state index contributed by atoms with van der Waals surface area (Å²) in [6.45, 7) is 5.26. The molecule has 2 heterocycles. The van der Waals surface area contributed by atoms with E-state index in [9.17, 15) is 15.3 Å². The standard InChI is InChI=1S/C13H25I2N3O4/c14-17-2-1-16(5-10(8-19)9-20)11(6-17)13(21)12-7-18(15)3-4-22-12/h10-13,19-21H,1-9H2/t11?,12-,13?/m1/s1. The van der Waals surface area contributed by atoms with Crippen LogP contribution in [0.1, 0.15) is 0 Å². The molecule has 0 saturated carbocycles. The summed E-state index contributed by atoms with van der Waals surface area (Å²) in [6, 6.07) is -0.0425. The van der Waals surface area contributed by atoms with E-state index in [1.807, 2.05) is 0 Å². The number of piperazine rings is 1. The first-order valence-corrected chi connectivity index (χ1v) is 9.55. The molecule has 2 rings (SSSR count). The van der Waals surface area contributed by atoms with Crippen LogP contribution in [0, 0.1) is 5.92 Å².